The molecule has 7 heterocycles. The molecule has 11 aliphatic rings. The molecular formula is C85H99Cl2N11O25. The summed E-state index contributed by atoms with van der Waals surface area (Å²) in [5.41, 5.74) is 3.03. The third kappa shape index (κ3) is 19.0. The lowest BCUT2D eigenvalue weighted by molar-refractivity contribution is -0.333. The lowest BCUT2D eigenvalue weighted by Gasteiger charge is -2.54. The number of halogens is 2. The summed E-state index contributed by atoms with van der Waals surface area (Å²) < 4.78 is 44.5. The zero-order valence-electron chi connectivity index (χ0n) is 67.6. The Morgan fingerprint density at radius 2 is 1.28 bits per heavy atom. The van der Waals surface area contributed by atoms with Crippen LogP contribution in [0.2, 0.25) is 10.0 Å². The standard InChI is InChI=1S/C85H99Cl2N11O25/c1-7-117-46-13-11-44(12-14-46)90-84(116)92-60(103)31-52-77(110)94-65-43-27-57(119-55-16-9-39(25-49(55)86)69(104)67(81(114)91-52)97-76(109)51(89-6)18-34(2)3)73(123-83-74(72(107)71(106)59(33-99)121-83)122-61-32-85(5,88)75(108)35(4)118-61)58(28-43)120-56-17-10-40(26-50(56)87)70(105)68-82(115)96-66(80(113)93-63-41-20-36-19-37(22-41)23-42(63)21-36)48-29-45(100)30-54(102)62(48)47-24-38(8-15-53(47)101)64(78(111)98-68)95-79(65)112/h8-17,24-30,34-37,41-42,51-52,59,61,63-72,74-75,83,89,99-102,104-108H,7,18-23,31-33,88H2,1-6H3,(H,91,114)(H,93,113)(H,94,110)(H,95,112)(H,96,115)(H,97,109)(H,98,111)(H2,90,92,103,116)/t35-,36?,37?,41?,42?,51+,52?,59+,61?,63?,64+,65?,66+,67?,68-,69+,70+,71+,72-,74+,75+,83+,85-/m0/s1. The number of ether oxygens (including phenoxy) is 7. The van der Waals surface area contributed by atoms with Crippen LogP contribution in [0, 0.1) is 29.6 Å². The van der Waals surface area contributed by atoms with E-state index in [1.54, 1.807) is 6.92 Å². The lowest BCUT2D eigenvalue weighted by Crippen LogP contribution is -2.64. The number of benzene rings is 6. The van der Waals surface area contributed by atoms with Crippen molar-refractivity contribution in [2.24, 2.45) is 35.3 Å². The Hall–Kier alpha value is -10.7. The van der Waals surface area contributed by atoms with Crippen LogP contribution in [-0.4, -0.2) is 204 Å². The average molecular weight is 1750 g/mol. The van der Waals surface area contributed by atoms with Crippen molar-refractivity contribution in [2.45, 2.75) is 201 Å². The first-order valence-corrected chi connectivity index (χ1v) is 41.4. The van der Waals surface area contributed by atoms with Crippen molar-refractivity contribution in [3.8, 4) is 62.9 Å². The highest BCUT2D eigenvalue weighted by Crippen LogP contribution is 2.55. The topological polar surface area (TPSA) is 547 Å². The largest absolute Gasteiger partial charge is 0.508 e. The Kier molecular flexibility index (Phi) is 26.4. The van der Waals surface area contributed by atoms with Gasteiger partial charge >= 0.3 is 6.03 Å². The maximum absolute atomic E-state index is 16.6. The molecule has 2 saturated heterocycles. The van der Waals surface area contributed by atoms with Crippen LogP contribution >= 0.6 is 23.2 Å². The van der Waals surface area contributed by atoms with Crippen LogP contribution in [0.15, 0.2) is 103 Å². The van der Waals surface area contributed by atoms with E-state index in [2.05, 4.69) is 53.2 Å². The van der Waals surface area contributed by atoms with Gasteiger partial charge in [0.2, 0.25) is 59.3 Å². The van der Waals surface area contributed by atoms with Crippen molar-refractivity contribution in [3.05, 3.63) is 141 Å². The first kappa shape index (κ1) is 88.6. The molecule has 6 fully saturated rings. The van der Waals surface area contributed by atoms with Crippen LogP contribution in [0.5, 0.6) is 51.7 Å². The Bertz CT molecular complexity index is 5040. The summed E-state index contributed by atoms with van der Waals surface area (Å²) in [6.07, 6.45) is -14.6. The molecular weight excluding hydrogens is 1650 g/mol. The number of aromatic hydroxyl groups is 3. The number of carbonyl (C=O) groups is 9. The Balaban J connectivity index is 0.963. The zero-order valence-corrected chi connectivity index (χ0v) is 69.1. The number of amides is 10. The van der Waals surface area contributed by atoms with Gasteiger partial charge in [-0.15, -0.1) is 0 Å². The number of nitrogens with one attached hydrogen (secondary N) is 10. The van der Waals surface area contributed by atoms with Crippen LogP contribution in [0.4, 0.5) is 10.5 Å². The number of imide groups is 1. The molecule has 0 radical (unpaired) electrons. The molecule has 123 heavy (non-hydrogen) atoms. The third-order valence-electron chi connectivity index (χ3n) is 24.0. The van der Waals surface area contributed by atoms with Crippen LogP contribution in [0.25, 0.3) is 11.1 Å². The van der Waals surface area contributed by atoms with Crippen molar-refractivity contribution < 1.29 is 122 Å². The van der Waals surface area contributed by atoms with Gasteiger partial charge in [-0.25, -0.2) is 4.79 Å². The highest BCUT2D eigenvalue weighted by atomic mass is 35.5. The summed E-state index contributed by atoms with van der Waals surface area (Å²) in [4.78, 5) is 138. The molecule has 15 bridgehead atoms. The molecule has 6 aromatic rings. The van der Waals surface area contributed by atoms with Gasteiger partial charge in [-0.3, -0.25) is 43.7 Å². The number of hydrogen-bond acceptors (Lipinski definition) is 27. The highest BCUT2D eigenvalue weighted by molar-refractivity contribution is 6.32. The van der Waals surface area contributed by atoms with E-state index in [-0.39, 0.29) is 86.2 Å². The minimum Gasteiger partial charge on any atom is -0.508 e. The van der Waals surface area contributed by atoms with Crippen LogP contribution in [0.3, 0.4) is 0 Å². The number of urea groups is 1. The van der Waals surface area contributed by atoms with E-state index in [1.165, 1.54) is 69.4 Å². The molecule has 38 heteroatoms. The van der Waals surface area contributed by atoms with E-state index in [9.17, 15) is 60.3 Å². The van der Waals surface area contributed by atoms with Crippen molar-refractivity contribution in [1.82, 2.24) is 47.9 Å². The van der Waals surface area contributed by atoms with E-state index < -0.39 is 227 Å². The van der Waals surface area contributed by atoms with Gasteiger partial charge in [0.05, 0.1) is 47.9 Å². The van der Waals surface area contributed by atoms with Crippen LogP contribution in [-0.2, 0) is 52.6 Å². The van der Waals surface area contributed by atoms with Crippen LogP contribution < -0.4 is 77.8 Å². The Morgan fingerprint density at radius 3 is 1.89 bits per heavy atom. The number of phenolic OH excluding ortho intramolecular Hbond substituents is 3. The fourth-order valence-electron chi connectivity index (χ4n) is 18.0. The van der Waals surface area contributed by atoms with Gasteiger partial charge in [0.15, 0.2) is 23.9 Å². The number of likely N-dealkylation sites (N-methyl/N-ethyl adjacent to an activating group) is 1. The maximum Gasteiger partial charge on any atom is 0.325 e. The quantitative estimate of drug-likeness (QED) is 0.0607. The first-order valence-electron chi connectivity index (χ1n) is 40.6. The smallest absolute Gasteiger partial charge is 0.325 e. The van der Waals surface area contributed by atoms with Gasteiger partial charge in [-0.05, 0) is 203 Å². The van der Waals surface area contributed by atoms with E-state index in [0.29, 0.717) is 24.2 Å². The third-order valence-corrected chi connectivity index (χ3v) is 24.6. The second-order valence-corrected chi connectivity index (χ2v) is 34.1. The summed E-state index contributed by atoms with van der Waals surface area (Å²) in [5.74, 6) is -13.4. The van der Waals surface area contributed by atoms with Gasteiger partial charge in [-0.1, -0.05) is 55.2 Å². The predicted octanol–water partition coefficient (Wildman–Crippen LogP) is 4.22. The Labute approximate surface area is 714 Å². The summed E-state index contributed by atoms with van der Waals surface area (Å²) in [6.45, 7) is 7.73. The number of fused-ring (bicyclic) bond motifs is 15. The molecule has 36 nitrogen and oxygen atoms in total. The van der Waals surface area contributed by atoms with Crippen molar-refractivity contribution in [3.63, 3.8) is 0 Å². The van der Waals surface area contributed by atoms with Gasteiger partial charge in [0.1, 0.15) is 101 Å². The number of rotatable bonds is 17. The highest BCUT2D eigenvalue weighted by Gasteiger charge is 2.53. The first-order chi connectivity index (χ1) is 58.5. The summed E-state index contributed by atoms with van der Waals surface area (Å²) in [5, 5.41) is 132. The monoisotopic (exact) mass is 1740 g/mol. The second kappa shape index (κ2) is 36.6. The molecule has 4 unspecified atom stereocenters. The van der Waals surface area contributed by atoms with Gasteiger partial charge in [0.25, 0.3) is 0 Å². The minimum absolute atomic E-state index is 0.0539. The summed E-state index contributed by atoms with van der Waals surface area (Å²) in [7, 11) is 1.47. The maximum atomic E-state index is 16.6. The van der Waals surface area contributed by atoms with Gasteiger partial charge < -0.3 is 133 Å². The SMILES string of the molecule is CCOc1ccc(NC(=O)NC(=O)CC2NC(=O)C(NC(=O)[C@@H](CC(C)C)NC)[C@H](O)c3ccc(c(Cl)c3)Oc3cc4cc(c3O[C@H]3O[C@H](CO)[C@@H](O)[C@H](O)[C@H]3OC3C[C@](C)(N)[C@H](O)[C@H](C)O3)Oc3ccc(cc3Cl)[C@@H](O)[C@@H]3NC(=O)[C@H](NC(=O)C4NC2=O)c2ccc(O)c(c2)-c2c(O)cc(O)cc2[C@H](C(=O)NC2C4CC5CC(C4)CC2C5)NC3=O)cc1. The van der Waals surface area contributed by atoms with Gasteiger partial charge in [0, 0.05) is 40.9 Å². The number of aliphatic hydroxyl groups excluding tert-OH is 6. The number of anilines is 1. The van der Waals surface area contributed by atoms with Gasteiger partial charge in [-0.2, -0.15) is 0 Å². The number of nitrogens with two attached hydrogens (primary N) is 1. The van der Waals surface area contributed by atoms with Crippen molar-refractivity contribution in [1.29, 1.82) is 0 Å². The molecule has 10 amide bonds. The summed E-state index contributed by atoms with van der Waals surface area (Å²) in [6, 6.07) is 4.57. The molecule has 6 aromatic carbocycles. The molecule has 17 rings (SSSR count). The normalized spacial score (nSPS) is 30.6. The second-order valence-electron chi connectivity index (χ2n) is 33.3. The number of phenols is 3. The molecule has 4 saturated carbocycles. The lowest BCUT2D eigenvalue weighted by atomic mass is 9.54. The number of carbonyl (C=O) groups excluding carboxylic acids is 9. The molecule has 0 aromatic heterocycles. The van der Waals surface area contributed by atoms with E-state index in [4.69, 9.17) is 62.1 Å². The van der Waals surface area contributed by atoms with E-state index in [1.807, 2.05) is 13.8 Å². The summed E-state index contributed by atoms with van der Waals surface area (Å²) >= 11 is 14.5. The van der Waals surface area contributed by atoms with Crippen molar-refractivity contribution >= 4 is 82.2 Å². The minimum atomic E-state index is -2.42. The fraction of sp³-hybridized carbons (Fsp3) is 0.471. The predicted molar refractivity (Wildman–Crippen MR) is 436 cm³/mol. The van der Waals surface area contributed by atoms with E-state index in [0.717, 1.165) is 86.7 Å². The number of aliphatic hydroxyl groups is 6. The molecule has 7 aliphatic heterocycles. The average Bonchev–Trinajstić information content (AvgIpc) is 0.756. The van der Waals surface area contributed by atoms with E-state index >= 15 is 28.8 Å². The molecule has 21 N–H and O–H groups in total. The molecule has 18 atom stereocenters. The zero-order chi connectivity index (χ0) is 88.1. The number of hydrogen-bond donors (Lipinski definition) is 20. The molecule has 0 spiro atoms. The fourth-order valence-corrected chi connectivity index (χ4v) is 18.5. The van der Waals surface area contributed by atoms with Crippen LogP contribution in [0.1, 0.15) is 144 Å². The molecule has 4 aliphatic carbocycles. The molecule has 658 valence electrons. The Morgan fingerprint density at radius 1 is 0.667 bits per heavy atom. The van der Waals surface area contributed by atoms with Crippen molar-refractivity contribution in [2.75, 3.05) is 25.6 Å².